The SMILES string of the molecule is COc1cnc(-c2ccc([N+](=O)[O-])cc2)cc1CN. The van der Waals surface area contributed by atoms with Gasteiger partial charge in [-0.3, -0.25) is 15.1 Å². The zero-order valence-electron chi connectivity index (χ0n) is 10.4. The quantitative estimate of drug-likeness (QED) is 0.670. The highest BCUT2D eigenvalue weighted by Crippen LogP contribution is 2.25. The first-order valence-electron chi connectivity index (χ1n) is 5.63. The lowest BCUT2D eigenvalue weighted by atomic mass is 10.1. The fourth-order valence-corrected chi connectivity index (χ4v) is 1.74. The minimum absolute atomic E-state index is 0.0521. The number of ether oxygens (including phenoxy) is 1. The molecule has 1 aromatic carbocycles. The van der Waals surface area contributed by atoms with Crippen molar-refractivity contribution in [3.8, 4) is 17.0 Å². The Labute approximate surface area is 110 Å². The van der Waals surface area contributed by atoms with Crippen LogP contribution < -0.4 is 10.5 Å². The molecule has 0 radical (unpaired) electrons. The van der Waals surface area contributed by atoms with Crippen LogP contribution in [0.4, 0.5) is 5.69 Å². The van der Waals surface area contributed by atoms with Gasteiger partial charge in [0.15, 0.2) is 0 Å². The first-order valence-corrected chi connectivity index (χ1v) is 5.63. The third-order valence-electron chi connectivity index (χ3n) is 2.76. The lowest BCUT2D eigenvalue weighted by molar-refractivity contribution is -0.384. The molecule has 6 nitrogen and oxygen atoms in total. The Morgan fingerprint density at radius 1 is 1.37 bits per heavy atom. The standard InChI is InChI=1S/C13H13N3O3/c1-19-13-8-15-12(6-10(13)7-14)9-2-4-11(5-3-9)16(17)18/h2-6,8H,7,14H2,1H3. The van der Waals surface area contributed by atoms with E-state index >= 15 is 0 Å². The van der Waals surface area contributed by atoms with E-state index in [9.17, 15) is 10.1 Å². The molecule has 2 rings (SSSR count). The predicted molar refractivity (Wildman–Crippen MR) is 70.8 cm³/mol. The summed E-state index contributed by atoms with van der Waals surface area (Å²) in [6, 6.07) is 8.03. The van der Waals surface area contributed by atoms with Gasteiger partial charge in [-0.2, -0.15) is 0 Å². The third-order valence-corrected chi connectivity index (χ3v) is 2.76. The Kier molecular flexibility index (Phi) is 3.72. The zero-order valence-corrected chi connectivity index (χ0v) is 10.4. The van der Waals surface area contributed by atoms with Gasteiger partial charge >= 0.3 is 0 Å². The number of nitro benzene ring substituents is 1. The number of hydrogen-bond acceptors (Lipinski definition) is 5. The van der Waals surface area contributed by atoms with E-state index in [2.05, 4.69) is 4.98 Å². The Hall–Kier alpha value is -2.47. The Morgan fingerprint density at radius 3 is 2.58 bits per heavy atom. The molecule has 1 heterocycles. The van der Waals surface area contributed by atoms with Gasteiger partial charge < -0.3 is 10.5 Å². The molecule has 19 heavy (non-hydrogen) atoms. The summed E-state index contributed by atoms with van der Waals surface area (Å²) in [4.78, 5) is 14.4. The van der Waals surface area contributed by atoms with Gasteiger partial charge in [0.25, 0.3) is 5.69 Å². The smallest absolute Gasteiger partial charge is 0.269 e. The van der Waals surface area contributed by atoms with E-state index < -0.39 is 4.92 Å². The normalized spacial score (nSPS) is 10.2. The van der Waals surface area contributed by atoms with Crippen molar-refractivity contribution in [3.63, 3.8) is 0 Å². The van der Waals surface area contributed by atoms with Crippen LogP contribution in [0, 0.1) is 10.1 Å². The number of nitro groups is 1. The summed E-state index contributed by atoms with van der Waals surface area (Å²) in [6.45, 7) is 0.339. The molecule has 0 saturated heterocycles. The molecular weight excluding hydrogens is 246 g/mol. The van der Waals surface area contributed by atoms with Crippen LogP contribution in [-0.4, -0.2) is 17.0 Å². The molecule has 0 bridgehead atoms. The van der Waals surface area contributed by atoms with Gasteiger partial charge in [-0.1, -0.05) is 0 Å². The van der Waals surface area contributed by atoms with Gasteiger partial charge in [0, 0.05) is 29.8 Å². The monoisotopic (exact) mass is 259 g/mol. The van der Waals surface area contributed by atoms with Crippen molar-refractivity contribution >= 4 is 5.69 Å². The molecule has 0 fully saturated rings. The van der Waals surface area contributed by atoms with Crippen LogP contribution in [0.1, 0.15) is 5.56 Å². The van der Waals surface area contributed by atoms with Crippen molar-refractivity contribution in [1.29, 1.82) is 0 Å². The largest absolute Gasteiger partial charge is 0.495 e. The van der Waals surface area contributed by atoms with Gasteiger partial charge in [-0.25, -0.2) is 0 Å². The highest BCUT2D eigenvalue weighted by atomic mass is 16.6. The van der Waals surface area contributed by atoms with Crippen LogP contribution in [0.5, 0.6) is 5.75 Å². The van der Waals surface area contributed by atoms with Crippen molar-refractivity contribution in [3.05, 3.63) is 52.2 Å². The van der Waals surface area contributed by atoms with Gasteiger partial charge in [0.05, 0.1) is 23.9 Å². The summed E-state index contributed by atoms with van der Waals surface area (Å²) in [7, 11) is 1.56. The van der Waals surface area contributed by atoms with Crippen LogP contribution in [0.15, 0.2) is 36.5 Å². The maximum Gasteiger partial charge on any atom is 0.269 e. The number of hydrogen-bond donors (Lipinski definition) is 1. The first kappa shape index (κ1) is 13.0. The van der Waals surface area contributed by atoms with Gasteiger partial charge in [-0.05, 0) is 18.2 Å². The summed E-state index contributed by atoms with van der Waals surface area (Å²) in [6.07, 6.45) is 1.60. The molecule has 0 aliphatic heterocycles. The van der Waals surface area contributed by atoms with E-state index in [-0.39, 0.29) is 5.69 Å². The van der Waals surface area contributed by atoms with Crippen molar-refractivity contribution in [2.45, 2.75) is 6.54 Å². The molecule has 0 atom stereocenters. The average molecular weight is 259 g/mol. The first-order chi connectivity index (χ1) is 9.15. The minimum atomic E-state index is -0.434. The molecule has 0 unspecified atom stereocenters. The molecule has 0 saturated carbocycles. The molecule has 0 spiro atoms. The number of methoxy groups -OCH3 is 1. The second-order valence-electron chi connectivity index (χ2n) is 3.89. The summed E-state index contributed by atoms with van der Waals surface area (Å²) in [5.41, 5.74) is 8.03. The Bertz CT molecular complexity index is 597. The molecule has 0 aliphatic rings. The Morgan fingerprint density at radius 2 is 2.05 bits per heavy atom. The maximum absolute atomic E-state index is 10.6. The van der Waals surface area contributed by atoms with Gasteiger partial charge in [0.1, 0.15) is 5.75 Å². The van der Waals surface area contributed by atoms with Crippen molar-refractivity contribution < 1.29 is 9.66 Å². The number of aromatic nitrogens is 1. The molecule has 0 amide bonds. The van der Waals surface area contributed by atoms with E-state index in [0.29, 0.717) is 18.0 Å². The molecule has 98 valence electrons. The lowest BCUT2D eigenvalue weighted by Crippen LogP contribution is -2.01. The second-order valence-corrected chi connectivity index (χ2v) is 3.89. The average Bonchev–Trinajstić information content (AvgIpc) is 2.46. The van der Waals surface area contributed by atoms with Crippen LogP contribution in [0.2, 0.25) is 0 Å². The van der Waals surface area contributed by atoms with Crippen LogP contribution in [0.25, 0.3) is 11.3 Å². The number of nitrogens with two attached hydrogens (primary N) is 1. The van der Waals surface area contributed by atoms with E-state index in [1.807, 2.05) is 6.07 Å². The van der Waals surface area contributed by atoms with E-state index in [1.54, 1.807) is 25.4 Å². The third kappa shape index (κ3) is 2.69. The highest BCUT2D eigenvalue weighted by molar-refractivity contribution is 5.62. The summed E-state index contributed by atoms with van der Waals surface area (Å²) < 4.78 is 5.15. The molecule has 2 N–H and O–H groups in total. The van der Waals surface area contributed by atoms with Crippen LogP contribution in [-0.2, 0) is 6.54 Å². The number of benzene rings is 1. The minimum Gasteiger partial charge on any atom is -0.495 e. The number of rotatable bonds is 4. The fourth-order valence-electron chi connectivity index (χ4n) is 1.74. The zero-order chi connectivity index (χ0) is 13.8. The van der Waals surface area contributed by atoms with E-state index in [4.69, 9.17) is 10.5 Å². The van der Waals surface area contributed by atoms with Crippen molar-refractivity contribution in [2.75, 3.05) is 7.11 Å². The number of non-ortho nitro benzene ring substituents is 1. The van der Waals surface area contributed by atoms with Crippen molar-refractivity contribution in [2.24, 2.45) is 5.73 Å². The van der Waals surface area contributed by atoms with E-state index in [0.717, 1.165) is 11.1 Å². The highest BCUT2D eigenvalue weighted by Gasteiger charge is 2.08. The lowest BCUT2D eigenvalue weighted by Gasteiger charge is -2.08. The Balaban J connectivity index is 2.38. The fraction of sp³-hybridized carbons (Fsp3) is 0.154. The maximum atomic E-state index is 10.6. The molecular formula is C13H13N3O3. The van der Waals surface area contributed by atoms with Crippen LogP contribution >= 0.6 is 0 Å². The number of pyridine rings is 1. The van der Waals surface area contributed by atoms with Gasteiger partial charge in [-0.15, -0.1) is 0 Å². The summed E-state index contributed by atoms with van der Waals surface area (Å²) >= 11 is 0. The van der Waals surface area contributed by atoms with Crippen molar-refractivity contribution in [1.82, 2.24) is 4.98 Å². The molecule has 0 aliphatic carbocycles. The molecule has 1 aromatic heterocycles. The van der Waals surface area contributed by atoms with E-state index in [1.165, 1.54) is 12.1 Å². The topological polar surface area (TPSA) is 91.3 Å². The molecule has 6 heteroatoms. The van der Waals surface area contributed by atoms with Crippen LogP contribution in [0.3, 0.4) is 0 Å². The predicted octanol–water partition coefficient (Wildman–Crippen LogP) is 2.12. The molecule has 2 aromatic rings. The summed E-state index contributed by atoms with van der Waals surface area (Å²) in [5.74, 6) is 0.633. The number of nitrogens with zero attached hydrogens (tertiary/aromatic N) is 2. The summed E-state index contributed by atoms with van der Waals surface area (Å²) in [5, 5.41) is 10.6. The van der Waals surface area contributed by atoms with Gasteiger partial charge in [0.2, 0.25) is 0 Å². The second kappa shape index (κ2) is 5.45.